The van der Waals surface area contributed by atoms with E-state index in [-0.39, 0.29) is 0 Å². The topological polar surface area (TPSA) is 24.5 Å². The second-order valence-corrected chi connectivity index (χ2v) is 5.34. The molecule has 0 amide bonds. The van der Waals surface area contributed by atoms with Crippen molar-refractivity contribution in [2.75, 3.05) is 38.3 Å². The molecule has 2 atom stereocenters. The van der Waals surface area contributed by atoms with Gasteiger partial charge in [0.05, 0.1) is 6.61 Å². The molecule has 98 valence electrons. The van der Waals surface area contributed by atoms with E-state index in [2.05, 4.69) is 41.5 Å². The quantitative estimate of drug-likeness (QED) is 0.878. The molecule has 2 heterocycles. The molecule has 0 saturated carbocycles. The number of hydrogen-bond donors (Lipinski definition) is 1. The van der Waals surface area contributed by atoms with Gasteiger partial charge < -0.3 is 15.0 Å². The summed E-state index contributed by atoms with van der Waals surface area (Å²) in [6.07, 6.45) is 2.32. The third kappa shape index (κ3) is 2.25. The Labute approximate surface area is 109 Å². The number of hydrogen-bond acceptors (Lipinski definition) is 3. The highest BCUT2D eigenvalue weighted by atomic mass is 16.5. The lowest BCUT2D eigenvalue weighted by atomic mass is 9.95. The van der Waals surface area contributed by atoms with Crippen LogP contribution in [0.3, 0.4) is 0 Å². The Morgan fingerprint density at radius 3 is 3.17 bits per heavy atom. The molecule has 2 unspecified atom stereocenters. The Bertz CT molecular complexity index is 407. The van der Waals surface area contributed by atoms with Crippen molar-refractivity contribution in [3.05, 3.63) is 29.8 Å². The summed E-state index contributed by atoms with van der Waals surface area (Å²) >= 11 is 0. The zero-order valence-electron chi connectivity index (χ0n) is 11.1. The van der Waals surface area contributed by atoms with E-state index >= 15 is 0 Å². The van der Waals surface area contributed by atoms with Gasteiger partial charge in [0.15, 0.2) is 0 Å². The molecule has 1 aromatic carbocycles. The van der Waals surface area contributed by atoms with Crippen LogP contribution < -0.4 is 10.2 Å². The minimum Gasteiger partial charge on any atom is -0.381 e. The Morgan fingerprint density at radius 2 is 2.28 bits per heavy atom. The molecule has 1 N–H and O–H groups in total. The van der Waals surface area contributed by atoms with Crippen molar-refractivity contribution in [2.24, 2.45) is 5.92 Å². The molecule has 1 saturated heterocycles. The van der Waals surface area contributed by atoms with E-state index in [0.29, 0.717) is 12.0 Å². The Kier molecular flexibility index (Phi) is 3.52. The first-order valence-corrected chi connectivity index (χ1v) is 6.96. The van der Waals surface area contributed by atoms with Gasteiger partial charge >= 0.3 is 0 Å². The van der Waals surface area contributed by atoms with Gasteiger partial charge in [-0.3, -0.25) is 0 Å². The fourth-order valence-corrected chi connectivity index (χ4v) is 3.24. The van der Waals surface area contributed by atoms with Gasteiger partial charge in [-0.25, -0.2) is 0 Å². The van der Waals surface area contributed by atoms with Crippen LogP contribution in [0.5, 0.6) is 0 Å². The first kappa shape index (κ1) is 12.0. The molecule has 0 spiro atoms. The van der Waals surface area contributed by atoms with Gasteiger partial charge in [0.2, 0.25) is 0 Å². The van der Waals surface area contributed by atoms with Gasteiger partial charge in [-0.05, 0) is 31.5 Å². The van der Waals surface area contributed by atoms with Gasteiger partial charge in [0.25, 0.3) is 0 Å². The SMILES string of the molecule is CNC1CCOCC1CN1CCc2ccccc21. The summed E-state index contributed by atoms with van der Waals surface area (Å²) < 4.78 is 5.65. The van der Waals surface area contributed by atoms with Crippen LogP contribution in [0, 0.1) is 5.92 Å². The summed E-state index contributed by atoms with van der Waals surface area (Å²) in [6.45, 7) is 4.07. The number of para-hydroxylation sites is 1. The van der Waals surface area contributed by atoms with Crippen LogP contribution in [0.4, 0.5) is 5.69 Å². The monoisotopic (exact) mass is 246 g/mol. The molecule has 0 aliphatic carbocycles. The normalized spacial score (nSPS) is 27.3. The summed E-state index contributed by atoms with van der Waals surface area (Å²) in [5.74, 6) is 0.606. The van der Waals surface area contributed by atoms with Gasteiger partial charge in [-0.2, -0.15) is 0 Å². The molecule has 2 aliphatic rings. The molecule has 3 rings (SSSR count). The third-order valence-corrected chi connectivity index (χ3v) is 4.28. The molecule has 2 aliphatic heterocycles. The summed E-state index contributed by atoms with van der Waals surface area (Å²) in [4.78, 5) is 2.53. The van der Waals surface area contributed by atoms with E-state index in [0.717, 1.165) is 32.7 Å². The highest BCUT2D eigenvalue weighted by Crippen LogP contribution is 2.29. The molecule has 1 aromatic rings. The van der Waals surface area contributed by atoms with E-state index in [1.54, 1.807) is 0 Å². The van der Waals surface area contributed by atoms with Crippen LogP contribution in [0.2, 0.25) is 0 Å². The van der Waals surface area contributed by atoms with Crippen molar-refractivity contribution in [1.82, 2.24) is 5.32 Å². The molecule has 3 heteroatoms. The first-order valence-electron chi connectivity index (χ1n) is 6.96. The number of ether oxygens (including phenoxy) is 1. The molecular weight excluding hydrogens is 224 g/mol. The van der Waals surface area contributed by atoms with Crippen LogP contribution in [0.1, 0.15) is 12.0 Å². The van der Waals surface area contributed by atoms with Gasteiger partial charge in [0.1, 0.15) is 0 Å². The lowest BCUT2D eigenvalue weighted by Crippen LogP contribution is -2.46. The largest absolute Gasteiger partial charge is 0.381 e. The zero-order chi connectivity index (χ0) is 12.4. The highest BCUT2D eigenvalue weighted by molar-refractivity contribution is 5.57. The maximum atomic E-state index is 5.65. The summed E-state index contributed by atoms with van der Waals surface area (Å²) in [7, 11) is 2.07. The van der Waals surface area contributed by atoms with Crippen LogP contribution in [0.15, 0.2) is 24.3 Å². The second-order valence-electron chi connectivity index (χ2n) is 5.34. The highest BCUT2D eigenvalue weighted by Gasteiger charge is 2.28. The standard InChI is InChI=1S/C15H22N2O/c1-16-14-7-9-18-11-13(14)10-17-8-6-12-4-2-3-5-15(12)17/h2-5,13-14,16H,6-11H2,1H3. The third-order valence-electron chi connectivity index (χ3n) is 4.28. The lowest BCUT2D eigenvalue weighted by molar-refractivity contribution is 0.0368. The summed E-state index contributed by atoms with van der Waals surface area (Å²) in [5.41, 5.74) is 2.92. The van der Waals surface area contributed by atoms with Crippen molar-refractivity contribution in [1.29, 1.82) is 0 Å². The summed E-state index contributed by atoms with van der Waals surface area (Å²) in [6, 6.07) is 9.39. The van der Waals surface area contributed by atoms with Crippen LogP contribution >= 0.6 is 0 Å². The van der Waals surface area contributed by atoms with Crippen molar-refractivity contribution < 1.29 is 4.74 Å². The molecule has 1 fully saturated rings. The minimum absolute atomic E-state index is 0.603. The maximum Gasteiger partial charge on any atom is 0.0526 e. The number of anilines is 1. The molecule has 0 bridgehead atoms. The van der Waals surface area contributed by atoms with E-state index in [1.807, 2.05) is 0 Å². The van der Waals surface area contributed by atoms with E-state index < -0.39 is 0 Å². The fraction of sp³-hybridized carbons (Fsp3) is 0.600. The summed E-state index contributed by atoms with van der Waals surface area (Å²) in [5, 5.41) is 3.45. The van der Waals surface area contributed by atoms with Crippen molar-refractivity contribution in [2.45, 2.75) is 18.9 Å². The predicted molar refractivity (Wildman–Crippen MR) is 74.1 cm³/mol. The average Bonchev–Trinajstić information content (AvgIpc) is 2.83. The lowest BCUT2D eigenvalue weighted by Gasteiger charge is -2.34. The molecule has 3 nitrogen and oxygen atoms in total. The second kappa shape index (κ2) is 5.29. The van der Waals surface area contributed by atoms with Crippen molar-refractivity contribution >= 4 is 5.69 Å². The Hall–Kier alpha value is -1.06. The molecule has 0 radical (unpaired) electrons. The number of fused-ring (bicyclic) bond motifs is 1. The molecular formula is C15H22N2O. The number of nitrogens with one attached hydrogen (secondary N) is 1. The van der Waals surface area contributed by atoms with E-state index in [9.17, 15) is 0 Å². The van der Waals surface area contributed by atoms with Crippen LogP contribution in [-0.4, -0.2) is 39.4 Å². The van der Waals surface area contributed by atoms with Gasteiger partial charge in [-0.1, -0.05) is 18.2 Å². The van der Waals surface area contributed by atoms with E-state index in [4.69, 9.17) is 4.74 Å². The number of benzene rings is 1. The average molecular weight is 246 g/mol. The van der Waals surface area contributed by atoms with Crippen molar-refractivity contribution in [3.8, 4) is 0 Å². The van der Waals surface area contributed by atoms with E-state index in [1.165, 1.54) is 17.7 Å². The zero-order valence-corrected chi connectivity index (χ0v) is 11.1. The first-order chi connectivity index (χ1) is 8.88. The van der Waals surface area contributed by atoms with Crippen LogP contribution in [0.25, 0.3) is 0 Å². The smallest absolute Gasteiger partial charge is 0.0526 e. The van der Waals surface area contributed by atoms with Gasteiger partial charge in [0, 0.05) is 37.3 Å². The maximum absolute atomic E-state index is 5.65. The predicted octanol–water partition coefficient (Wildman–Crippen LogP) is 1.67. The number of nitrogens with zero attached hydrogens (tertiary/aromatic N) is 1. The number of rotatable bonds is 3. The fourth-order valence-electron chi connectivity index (χ4n) is 3.24. The van der Waals surface area contributed by atoms with Gasteiger partial charge in [-0.15, -0.1) is 0 Å². The Balaban J connectivity index is 1.70. The van der Waals surface area contributed by atoms with Crippen molar-refractivity contribution in [3.63, 3.8) is 0 Å². The molecule has 18 heavy (non-hydrogen) atoms. The molecule has 0 aromatic heterocycles. The minimum atomic E-state index is 0.603. The van der Waals surface area contributed by atoms with Crippen LogP contribution in [-0.2, 0) is 11.2 Å². The Morgan fingerprint density at radius 1 is 1.39 bits per heavy atom.